The van der Waals surface area contributed by atoms with Crippen LogP contribution in [0.4, 0.5) is 0 Å². The van der Waals surface area contributed by atoms with Gasteiger partial charge in [-0.3, -0.25) is 0 Å². The summed E-state index contributed by atoms with van der Waals surface area (Å²) in [6.45, 7) is 5.89. The molecule has 46 heavy (non-hydrogen) atoms. The van der Waals surface area contributed by atoms with Gasteiger partial charge in [-0.25, -0.2) is 0 Å². The Morgan fingerprint density at radius 1 is 0.565 bits per heavy atom. The van der Waals surface area contributed by atoms with Crippen LogP contribution in [0.3, 0.4) is 0 Å². The number of para-hydroxylation sites is 2. The molecule has 0 spiro atoms. The van der Waals surface area contributed by atoms with Crippen molar-refractivity contribution >= 4 is 28.7 Å². The van der Waals surface area contributed by atoms with Crippen molar-refractivity contribution in [2.24, 2.45) is 0 Å². The minimum atomic E-state index is -0.103. The van der Waals surface area contributed by atoms with Crippen molar-refractivity contribution in [3.05, 3.63) is 170 Å². The van der Waals surface area contributed by atoms with Crippen LogP contribution in [0.2, 0.25) is 0 Å². The van der Waals surface area contributed by atoms with Crippen LogP contribution >= 0.6 is 0 Å². The van der Waals surface area contributed by atoms with Crippen LogP contribution in [0, 0.1) is 0 Å². The minimum absolute atomic E-state index is 0.103. The molecule has 0 N–H and O–H groups in total. The van der Waals surface area contributed by atoms with Crippen LogP contribution in [0.15, 0.2) is 164 Å². The first-order valence-electron chi connectivity index (χ1n) is 15.7. The number of rotatable bonds is 6. The number of hydrogen-bond acceptors (Lipinski definition) is 2. The smallest absolute Gasteiger partial charge is 0.260 e. The zero-order valence-corrected chi connectivity index (χ0v) is 25.6. The van der Waals surface area contributed by atoms with E-state index in [9.17, 15) is 0 Å². The molecule has 0 fully saturated rings. The largest absolute Gasteiger partial charge is 0.457 e. The van der Waals surface area contributed by atoms with Crippen LogP contribution in [0.1, 0.15) is 12.5 Å². The summed E-state index contributed by atoms with van der Waals surface area (Å²) in [7, 11) is 0. The van der Waals surface area contributed by atoms with Gasteiger partial charge in [-0.15, -0.1) is 0 Å². The third-order valence-electron chi connectivity index (χ3n) is 8.97. The van der Waals surface area contributed by atoms with Crippen molar-refractivity contribution in [1.29, 1.82) is 0 Å². The molecule has 6 aromatic carbocycles. The summed E-state index contributed by atoms with van der Waals surface area (Å²) in [6, 6.07) is 46.8. The van der Waals surface area contributed by atoms with Crippen molar-refractivity contribution in [1.82, 2.24) is 0 Å². The second-order valence-corrected chi connectivity index (χ2v) is 11.6. The highest BCUT2D eigenvalue weighted by Crippen LogP contribution is 2.48. The van der Waals surface area contributed by atoms with Gasteiger partial charge in [0.15, 0.2) is 0 Å². The summed E-state index contributed by atoms with van der Waals surface area (Å²) >= 11 is 0. The van der Waals surface area contributed by atoms with Gasteiger partial charge >= 0.3 is 0 Å². The van der Waals surface area contributed by atoms with E-state index in [4.69, 9.17) is 9.47 Å². The molecule has 6 aromatic rings. The summed E-state index contributed by atoms with van der Waals surface area (Å²) in [5, 5.41) is 0. The monoisotopic (exact) mass is 590 g/mol. The second kappa shape index (κ2) is 11.6. The molecule has 0 aliphatic carbocycles. The summed E-state index contributed by atoms with van der Waals surface area (Å²) in [5.74, 6) is 3.43. The van der Waals surface area contributed by atoms with Crippen molar-refractivity contribution in [2.45, 2.75) is 6.92 Å². The third-order valence-corrected chi connectivity index (χ3v) is 8.97. The summed E-state index contributed by atoms with van der Waals surface area (Å²) < 4.78 is 14.3. The zero-order chi connectivity index (χ0) is 31.0. The maximum Gasteiger partial charge on any atom is 0.260 e. The van der Waals surface area contributed by atoms with E-state index in [-0.39, 0.29) is 6.71 Å². The Kier molecular flexibility index (Phi) is 7.00. The Bertz CT molecular complexity index is 2150. The Hall–Kier alpha value is -5.80. The topological polar surface area (TPSA) is 18.5 Å². The normalized spacial score (nSPS) is 12.9. The zero-order valence-electron chi connectivity index (χ0n) is 25.6. The molecule has 0 amide bonds. The van der Waals surface area contributed by atoms with E-state index in [2.05, 4.69) is 159 Å². The molecule has 2 heterocycles. The molecule has 2 aliphatic heterocycles. The van der Waals surface area contributed by atoms with Gasteiger partial charge < -0.3 is 9.47 Å². The second-order valence-electron chi connectivity index (χ2n) is 11.6. The number of benzene rings is 6. The lowest BCUT2D eigenvalue weighted by atomic mass is 9.34. The first-order chi connectivity index (χ1) is 22.8. The predicted octanol–water partition coefficient (Wildman–Crippen LogP) is 9.56. The molecule has 8 rings (SSSR count). The fraction of sp³-hybridized carbons (Fsp3) is 0.0233. The summed E-state index contributed by atoms with van der Waals surface area (Å²) in [5.41, 5.74) is 11.9. The van der Waals surface area contributed by atoms with Crippen LogP contribution < -0.4 is 25.9 Å². The fourth-order valence-electron chi connectivity index (χ4n) is 6.88. The molecule has 3 heteroatoms. The van der Waals surface area contributed by atoms with E-state index in [1.807, 2.05) is 12.2 Å². The SMILES string of the molecule is C=C/C=C\C(=C/C)c1cc(-c2ccccc2)c2c3c1Oc1c(cccc1-c1ccccc1)B3c1cccc(-c3ccccc3)c1O2. The molecule has 0 aromatic heterocycles. The van der Waals surface area contributed by atoms with E-state index in [1.54, 1.807) is 0 Å². The molecule has 0 radical (unpaired) electrons. The lowest BCUT2D eigenvalue weighted by Crippen LogP contribution is -2.58. The van der Waals surface area contributed by atoms with Crippen molar-refractivity contribution in [3.8, 4) is 56.4 Å². The highest BCUT2D eigenvalue weighted by Gasteiger charge is 2.44. The third kappa shape index (κ3) is 4.52. The average molecular weight is 591 g/mol. The Balaban J connectivity index is 1.49. The van der Waals surface area contributed by atoms with E-state index in [1.165, 1.54) is 0 Å². The van der Waals surface area contributed by atoms with Crippen LogP contribution in [0.5, 0.6) is 23.0 Å². The number of allylic oxidation sites excluding steroid dienone is 5. The predicted molar refractivity (Wildman–Crippen MR) is 193 cm³/mol. The summed E-state index contributed by atoms with van der Waals surface area (Å²) in [4.78, 5) is 0. The number of fused-ring (bicyclic) bond motifs is 4. The van der Waals surface area contributed by atoms with Crippen LogP contribution in [-0.4, -0.2) is 6.71 Å². The maximum absolute atomic E-state index is 7.14. The Morgan fingerprint density at radius 2 is 1.07 bits per heavy atom. The Morgan fingerprint density at radius 3 is 1.57 bits per heavy atom. The molecule has 0 bridgehead atoms. The van der Waals surface area contributed by atoms with E-state index >= 15 is 0 Å². The van der Waals surface area contributed by atoms with E-state index < -0.39 is 0 Å². The lowest BCUT2D eigenvalue weighted by molar-refractivity contribution is 0.466. The van der Waals surface area contributed by atoms with Crippen molar-refractivity contribution < 1.29 is 9.47 Å². The molecular formula is C43H31BO2. The van der Waals surface area contributed by atoms with Gasteiger partial charge in [-0.05, 0) is 46.2 Å². The van der Waals surface area contributed by atoms with Gasteiger partial charge in [-0.2, -0.15) is 0 Å². The summed E-state index contributed by atoms with van der Waals surface area (Å²) in [6.07, 6.45) is 8.02. The van der Waals surface area contributed by atoms with Gasteiger partial charge in [0.05, 0.1) is 0 Å². The first kappa shape index (κ1) is 27.7. The number of ether oxygens (including phenoxy) is 2. The highest BCUT2D eigenvalue weighted by atomic mass is 16.5. The molecule has 2 aliphatic rings. The van der Waals surface area contributed by atoms with Crippen molar-refractivity contribution in [2.75, 3.05) is 0 Å². The average Bonchev–Trinajstić information content (AvgIpc) is 3.13. The minimum Gasteiger partial charge on any atom is -0.457 e. The van der Waals surface area contributed by atoms with Gasteiger partial charge in [0.1, 0.15) is 23.0 Å². The molecule has 218 valence electrons. The molecule has 0 unspecified atom stereocenters. The van der Waals surface area contributed by atoms with Gasteiger partial charge in [-0.1, -0.05) is 158 Å². The quantitative estimate of drug-likeness (QED) is 0.142. The molecular weight excluding hydrogens is 559 g/mol. The fourth-order valence-corrected chi connectivity index (χ4v) is 6.88. The Labute approximate surface area is 270 Å². The van der Waals surface area contributed by atoms with Gasteiger partial charge in [0, 0.05) is 27.7 Å². The standard InChI is InChI=1S/C43H31BO2/c1-3-5-17-29(4-2)35-28-36(32-22-13-8-14-23-32)43-39-42(35)45-40-33(30-18-9-6-10-19-30)24-15-26-37(40)44(39)38-27-16-25-34(41(38)46-43)31-20-11-7-12-21-31/h3-28H,1H2,2H3/b17-5-,29-4+. The molecule has 2 nitrogen and oxygen atoms in total. The maximum atomic E-state index is 7.14. The van der Waals surface area contributed by atoms with Gasteiger partial charge in [0.2, 0.25) is 0 Å². The van der Waals surface area contributed by atoms with Crippen LogP contribution in [0.25, 0.3) is 39.0 Å². The molecule has 0 saturated carbocycles. The molecule has 0 atom stereocenters. The van der Waals surface area contributed by atoms with Gasteiger partial charge in [0.25, 0.3) is 6.71 Å². The number of hydrogen-bond donors (Lipinski definition) is 0. The first-order valence-corrected chi connectivity index (χ1v) is 15.7. The van der Waals surface area contributed by atoms with E-state index in [0.717, 1.165) is 83.9 Å². The van der Waals surface area contributed by atoms with Crippen LogP contribution in [-0.2, 0) is 0 Å². The lowest BCUT2D eigenvalue weighted by Gasteiger charge is -2.37. The van der Waals surface area contributed by atoms with E-state index in [0.29, 0.717) is 0 Å². The van der Waals surface area contributed by atoms with Crippen molar-refractivity contribution in [3.63, 3.8) is 0 Å². The highest BCUT2D eigenvalue weighted by molar-refractivity contribution is 6.98. The molecule has 0 saturated heterocycles.